The number of carbonyl (C=O) groups excluding carboxylic acids is 1. The molecule has 0 spiro atoms. The van der Waals surface area contributed by atoms with Gasteiger partial charge in [0.2, 0.25) is 0 Å². The molecule has 1 aliphatic rings. The number of phenolic OH excluding ortho intramolecular Hbond substituents is 1. The summed E-state index contributed by atoms with van der Waals surface area (Å²) in [5, 5.41) is 11.4. The molecule has 1 N–H and O–H groups in total. The van der Waals surface area contributed by atoms with Crippen LogP contribution in [-0.2, 0) is 6.54 Å². The van der Waals surface area contributed by atoms with Crippen molar-refractivity contribution in [1.82, 2.24) is 9.80 Å². The predicted molar refractivity (Wildman–Crippen MR) is 98.3 cm³/mol. The lowest BCUT2D eigenvalue weighted by atomic mass is 9.99. The number of benzene rings is 1. The van der Waals surface area contributed by atoms with Crippen molar-refractivity contribution in [3.8, 4) is 5.75 Å². The molecule has 0 fully saturated rings. The van der Waals surface area contributed by atoms with E-state index in [2.05, 4.69) is 11.0 Å². The van der Waals surface area contributed by atoms with Gasteiger partial charge in [0.25, 0.3) is 5.91 Å². The van der Waals surface area contributed by atoms with Crippen LogP contribution in [0.25, 0.3) is 5.57 Å². The molecule has 0 saturated carbocycles. The molecule has 2 heterocycles. The van der Waals surface area contributed by atoms with E-state index in [-0.39, 0.29) is 11.7 Å². The third kappa shape index (κ3) is 3.68. The maximum Gasteiger partial charge on any atom is 0.264 e. The molecule has 1 aliphatic heterocycles. The Kier molecular flexibility index (Phi) is 5.02. The molecule has 5 heteroatoms. The Morgan fingerprint density at radius 1 is 1.25 bits per heavy atom. The number of aromatic hydroxyl groups is 1. The van der Waals surface area contributed by atoms with Gasteiger partial charge in [0.1, 0.15) is 5.75 Å². The topological polar surface area (TPSA) is 43.8 Å². The van der Waals surface area contributed by atoms with Gasteiger partial charge >= 0.3 is 0 Å². The standard InChI is InChI=1S/C19H22N2O2S/c1-20(2)13-16-9-12-24-18(16)19(23)21-10-7-15(8-11-21)14-3-5-17(22)6-4-14/h3-7,9,12,22H,8,10-11,13H2,1-2H3. The van der Waals surface area contributed by atoms with Gasteiger partial charge in [-0.05, 0) is 60.8 Å². The fourth-order valence-corrected chi connectivity index (χ4v) is 3.81. The molecule has 1 amide bonds. The Labute approximate surface area is 146 Å². The van der Waals surface area contributed by atoms with Crippen molar-refractivity contribution in [3.05, 3.63) is 57.8 Å². The van der Waals surface area contributed by atoms with Crippen molar-refractivity contribution >= 4 is 22.8 Å². The smallest absolute Gasteiger partial charge is 0.264 e. The van der Waals surface area contributed by atoms with Crippen molar-refractivity contribution in [2.24, 2.45) is 0 Å². The van der Waals surface area contributed by atoms with Crippen molar-refractivity contribution in [3.63, 3.8) is 0 Å². The highest BCUT2D eigenvalue weighted by atomic mass is 32.1. The van der Waals surface area contributed by atoms with E-state index in [1.807, 2.05) is 42.6 Å². The fraction of sp³-hybridized carbons (Fsp3) is 0.316. The maximum absolute atomic E-state index is 12.8. The Morgan fingerprint density at radius 3 is 2.62 bits per heavy atom. The van der Waals surface area contributed by atoms with Crippen LogP contribution < -0.4 is 0 Å². The van der Waals surface area contributed by atoms with Gasteiger partial charge in [0, 0.05) is 19.6 Å². The van der Waals surface area contributed by atoms with E-state index in [0.29, 0.717) is 6.54 Å². The van der Waals surface area contributed by atoms with E-state index < -0.39 is 0 Å². The minimum absolute atomic E-state index is 0.128. The Hall–Kier alpha value is -2.11. The molecule has 0 atom stereocenters. The molecule has 1 aromatic heterocycles. The number of nitrogens with zero attached hydrogens (tertiary/aromatic N) is 2. The maximum atomic E-state index is 12.8. The first kappa shape index (κ1) is 16.7. The number of rotatable bonds is 4. The molecule has 2 aromatic rings. The highest BCUT2D eigenvalue weighted by Gasteiger charge is 2.22. The molecule has 0 unspecified atom stereocenters. The molecule has 0 saturated heterocycles. The second kappa shape index (κ2) is 7.20. The van der Waals surface area contributed by atoms with Gasteiger partial charge in [-0.25, -0.2) is 0 Å². The molecule has 126 valence electrons. The summed E-state index contributed by atoms with van der Waals surface area (Å²) >= 11 is 1.53. The van der Waals surface area contributed by atoms with Gasteiger partial charge < -0.3 is 14.9 Å². The number of hydrogen-bond acceptors (Lipinski definition) is 4. The summed E-state index contributed by atoms with van der Waals surface area (Å²) in [5.74, 6) is 0.404. The van der Waals surface area contributed by atoms with Gasteiger partial charge in [0.05, 0.1) is 4.88 Å². The van der Waals surface area contributed by atoms with Gasteiger partial charge in [-0.2, -0.15) is 0 Å². The van der Waals surface area contributed by atoms with Crippen LogP contribution >= 0.6 is 11.3 Å². The second-order valence-corrected chi connectivity index (χ2v) is 7.21. The zero-order valence-electron chi connectivity index (χ0n) is 14.0. The van der Waals surface area contributed by atoms with E-state index in [9.17, 15) is 9.90 Å². The zero-order chi connectivity index (χ0) is 17.1. The number of hydrogen-bond donors (Lipinski definition) is 1. The normalized spacial score (nSPS) is 14.8. The van der Waals surface area contributed by atoms with Crippen molar-refractivity contribution < 1.29 is 9.90 Å². The van der Waals surface area contributed by atoms with E-state index in [1.54, 1.807) is 12.1 Å². The molecule has 0 radical (unpaired) electrons. The lowest BCUT2D eigenvalue weighted by Gasteiger charge is -2.27. The van der Waals surface area contributed by atoms with Crippen molar-refractivity contribution in [1.29, 1.82) is 0 Å². The minimum Gasteiger partial charge on any atom is -0.508 e. The van der Waals surface area contributed by atoms with Crippen LogP contribution in [0, 0.1) is 0 Å². The molecule has 1 aromatic carbocycles. The lowest BCUT2D eigenvalue weighted by molar-refractivity contribution is 0.0776. The molecule has 4 nitrogen and oxygen atoms in total. The average Bonchev–Trinajstić information content (AvgIpc) is 3.02. The van der Waals surface area contributed by atoms with Gasteiger partial charge in [-0.3, -0.25) is 4.79 Å². The van der Waals surface area contributed by atoms with Gasteiger partial charge in [-0.1, -0.05) is 18.2 Å². The number of amides is 1. The Morgan fingerprint density at radius 2 is 2.00 bits per heavy atom. The van der Waals surface area contributed by atoms with E-state index in [1.165, 1.54) is 16.9 Å². The first-order chi connectivity index (χ1) is 11.5. The van der Waals surface area contributed by atoms with Crippen molar-refractivity contribution in [2.75, 3.05) is 27.2 Å². The summed E-state index contributed by atoms with van der Waals surface area (Å²) in [6, 6.07) is 9.29. The largest absolute Gasteiger partial charge is 0.508 e. The predicted octanol–water partition coefficient (Wildman–Crippen LogP) is 3.44. The van der Waals surface area contributed by atoms with Gasteiger partial charge in [0.15, 0.2) is 0 Å². The first-order valence-corrected chi connectivity index (χ1v) is 8.91. The van der Waals surface area contributed by atoms with Crippen LogP contribution in [0.1, 0.15) is 27.2 Å². The van der Waals surface area contributed by atoms with E-state index >= 15 is 0 Å². The van der Waals surface area contributed by atoms with Gasteiger partial charge in [-0.15, -0.1) is 11.3 Å². The third-order valence-electron chi connectivity index (χ3n) is 4.16. The molecule has 3 rings (SSSR count). The quantitative estimate of drug-likeness (QED) is 0.925. The molecule has 0 aliphatic carbocycles. The van der Waals surface area contributed by atoms with E-state index in [0.717, 1.165) is 35.5 Å². The molecular formula is C19H22N2O2S. The Balaban J connectivity index is 1.71. The highest BCUT2D eigenvalue weighted by molar-refractivity contribution is 7.12. The van der Waals surface area contributed by atoms with Crippen LogP contribution in [0.15, 0.2) is 41.8 Å². The molecule has 24 heavy (non-hydrogen) atoms. The lowest BCUT2D eigenvalue weighted by Crippen LogP contribution is -2.34. The number of thiophene rings is 1. The highest BCUT2D eigenvalue weighted by Crippen LogP contribution is 2.26. The summed E-state index contributed by atoms with van der Waals surface area (Å²) in [6.45, 7) is 2.15. The summed E-state index contributed by atoms with van der Waals surface area (Å²) < 4.78 is 0. The first-order valence-electron chi connectivity index (χ1n) is 8.03. The van der Waals surface area contributed by atoms with Crippen LogP contribution in [0.3, 0.4) is 0 Å². The zero-order valence-corrected chi connectivity index (χ0v) is 14.8. The average molecular weight is 342 g/mol. The minimum atomic E-state index is 0.128. The fourth-order valence-electron chi connectivity index (χ4n) is 2.92. The molecular weight excluding hydrogens is 320 g/mol. The van der Waals surface area contributed by atoms with Crippen LogP contribution in [0.2, 0.25) is 0 Å². The monoisotopic (exact) mass is 342 g/mol. The SMILES string of the molecule is CN(C)Cc1ccsc1C(=O)N1CC=C(c2ccc(O)cc2)CC1. The number of carbonyl (C=O) groups is 1. The summed E-state index contributed by atoms with van der Waals surface area (Å²) in [6.07, 6.45) is 2.96. The number of phenols is 1. The van der Waals surface area contributed by atoms with Crippen molar-refractivity contribution in [2.45, 2.75) is 13.0 Å². The second-order valence-electron chi connectivity index (χ2n) is 6.29. The third-order valence-corrected chi connectivity index (χ3v) is 5.11. The van der Waals surface area contributed by atoms with Crippen LogP contribution in [0.5, 0.6) is 5.75 Å². The summed E-state index contributed by atoms with van der Waals surface area (Å²) in [7, 11) is 4.03. The van der Waals surface area contributed by atoms with Crippen LogP contribution in [-0.4, -0.2) is 48.0 Å². The summed E-state index contributed by atoms with van der Waals surface area (Å²) in [5.41, 5.74) is 3.45. The van der Waals surface area contributed by atoms with E-state index in [4.69, 9.17) is 0 Å². The molecule has 0 bridgehead atoms. The Bertz CT molecular complexity index is 747. The van der Waals surface area contributed by atoms with Crippen LogP contribution in [0.4, 0.5) is 0 Å². The summed E-state index contributed by atoms with van der Waals surface area (Å²) in [4.78, 5) is 17.7.